The normalized spacial score (nSPS) is 20.3. The predicted molar refractivity (Wildman–Crippen MR) is 66.9 cm³/mol. The largest absolute Gasteiger partial charge is 0.393 e. The molecule has 1 atom stereocenters. The molecule has 1 fully saturated rings. The lowest BCUT2D eigenvalue weighted by Gasteiger charge is -2.23. The second kappa shape index (κ2) is 5.23. The topological polar surface area (TPSA) is 49.5 Å². The first-order valence-corrected chi connectivity index (χ1v) is 5.99. The molecule has 0 radical (unpaired) electrons. The Kier molecular flexibility index (Phi) is 4.49. The summed E-state index contributed by atoms with van der Waals surface area (Å²) >= 11 is 4.96. The van der Waals surface area contributed by atoms with E-state index < -0.39 is 0 Å². The summed E-state index contributed by atoms with van der Waals surface area (Å²) in [6.45, 7) is 3.82. The first kappa shape index (κ1) is 12.9. The summed E-state index contributed by atoms with van der Waals surface area (Å²) in [4.78, 5) is 2.91. The predicted octanol–water partition coefficient (Wildman–Crippen LogP) is 1.15. The summed E-state index contributed by atoms with van der Waals surface area (Å²) in [5.41, 5.74) is 5.95. The van der Waals surface area contributed by atoms with Gasteiger partial charge in [-0.2, -0.15) is 0 Å². The van der Waals surface area contributed by atoms with Gasteiger partial charge in [-0.25, -0.2) is 0 Å². The van der Waals surface area contributed by atoms with Gasteiger partial charge >= 0.3 is 0 Å². The van der Waals surface area contributed by atoms with Gasteiger partial charge in [-0.3, -0.25) is 0 Å². The summed E-state index contributed by atoms with van der Waals surface area (Å²) in [7, 11) is 2.10. The van der Waals surface area contributed by atoms with Crippen LogP contribution in [0.15, 0.2) is 0 Å². The molecule has 0 bridgehead atoms. The van der Waals surface area contributed by atoms with Crippen LogP contribution in [0.1, 0.15) is 32.6 Å². The number of aliphatic hydroxyl groups is 1. The van der Waals surface area contributed by atoms with E-state index in [0.29, 0.717) is 10.4 Å². The zero-order valence-electron chi connectivity index (χ0n) is 9.70. The zero-order chi connectivity index (χ0) is 11.5. The maximum atomic E-state index is 9.19. The van der Waals surface area contributed by atoms with Gasteiger partial charge in [-0.15, -0.1) is 0 Å². The fourth-order valence-electron chi connectivity index (χ4n) is 2.00. The first-order valence-electron chi connectivity index (χ1n) is 5.58. The van der Waals surface area contributed by atoms with Crippen LogP contribution in [0.25, 0.3) is 0 Å². The van der Waals surface area contributed by atoms with E-state index in [9.17, 15) is 5.11 Å². The molecule has 0 aromatic heterocycles. The minimum absolute atomic E-state index is 0.210. The molecule has 3 nitrogen and oxygen atoms in total. The fraction of sp³-hybridized carbons (Fsp3) is 0.909. The highest BCUT2D eigenvalue weighted by molar-refractivity contribution is 7.80. The molecule has 1 aliphatic rings. The molecule has 0 aromatic carbocycles. The minimum Gasteiger partial charge on any atom is -0.393 e. The molecule has 0 saturated heterocycles. The van der Waals surface area contributed by atoms with Crippen LogP contribution in [0.3, 0.4) is 0 Å². The summed E-state index contributed by atoms with van der Waals surface area (Å²) in [5.74, 6) is 0. The van der Waals surface area contributed by atoms with E-state index in [0.717, 1.165) is 25.9 Å². The van der Waals surface area contributed by atoms with E-state index in [1.807, 2.05) is 6.92 Å². The number of nitrogens with two attached hydrogens (primary N) is 1. The monoisotopic (exact) mass is 230 g/mol. The van der Waals surface area contributed by atoms with Crippen molar-refractivity contribution in [1.29, 1.82) is 0 Å². The Balaban J connectivity index is 2.25. The molecule has 0 heterocycles. The van der Waals surface area contributed by atoms with Crippen LogP contribution in [-0.2, 0) is 0 Å². The van der Waals surface area contributed by atoms with Crippen LogP contribution in [0.5, 0.6) is 0 Å². The van der Waals surface area contributed by atoms with Crippen molar-refractivity contribution in [3.63, 3.8) is 0 Å². The van der Waals surface area contributed by atoms with Crippen molar-refractivity contribution in [3.05, 3.63) is 0 Å². The molecule has 0 spiro atoms. The molecule has 1 saturated carbocycles. The zero-order valence-corrected chi connectivity index (χ0v) is 10.5. The minimum atomic E-state index is -0.210. The van der Waals surface area contributed by atoms with Crippen molar-refractivity contribution in [2.24, 2.45) is 11.1 Å². The Morgan fingerprint density at radius 3 is 2.60 bits per heavy atom. The van der Waals surface area contributed by atoms with Gasteiger partial charge in [0.05, 0.1) is 11.1 Å². The van der Waals surface area contributed by atoms with Crippen LogP contribution in [0, 0.1) is 5.41 Å². The van der Waals surface area contributed by atoms with Crippen LogP contribution < -0.4 is 5.73 Å². The lowest BCUT2D eigenvalue weighted by molar-refractivity contribution is 0.157. The highest BCUT2D eigenvalue weighted by Gasteiger charge is 2.43. The van der Waals surface area contributed by atoms with Gasteiger partial charge < -0.3 is 15.7 Å². The quantitative estimate of drug-likeness (QED) is 0.644. The highest BCUT2D eigenvalue weighted by Crippen LogP contribution is 2.49. The van der Waals surface area contributed by atoms with Gasteiger partial charge in [-0.05, 0) is 38.6 Å². The van der Waals surface area contributed by atoms with E-state index in [2.05, 4.69) is 11.9 Å². The van der Waals surface area contributed by atoms with Crippen LogP contribution in [0.4, 0.5) is 0 Å². The average molecular weight is 230 g/mol. The summed E-state index contributed by atoms with van der Waals surface area (Å²) in [5, 5.41) is 9.19. The SMILES string of the molecule is CC(O)CCN(C)CC1(CC(N)=S)CC1. The lowest BCUT2D eigenvalue weighted by atomic mass is 10.0. The van der Waals surface area contributed by atoms with Crippen molar-refractivity contribution >= 4 is 17.2 Å². The second-order valence-corrected chi connectivity index (χ2v) is 5.54. The van der Waals surface area contributed by atoms with Crippen molar-refractivity contribution < 1.29 is 5.11 Å². The van der Waals surface area contributed by atoms with Crippen LogP contribution >= 0.6 is 12.2 Å². The third kappa shape index (κ3) is 4.91. The summed E-state index contributed by atoms with van der Waals surface area (Å²) < 4.78 is 0. The molecule has 4 heteroatoms. The average Bonchev–Trinajstić information content (AvgIpc) is 2.80. The molecule has 0 aliphatic heterocycles. The van der Waals surface area contributed by atoms with Crippen molar-refractivity contribution in [2.45, 2.75) is 38.7 Å². The molecule has 1 rings (SSSR count). The standard InChI is InChI=1S/C11H22N2OS/c1-9(14)3-6-13(2)8-11(4-5-11)7-10(12)15/h9,14H,3-8H2,1-2H3,(H2,12,15). The maximum Gasteiger partial charge on any atom is 0.0733 e. The van der Waals surface area contributed by atoms with Gasteiger partial charge in [0, 0.05) is 19.5 Å². The summed E-state index contributed by atoms with van der Waals surface area (Å²) in [6.07, 6.45) is 3.98. The van der Waals surface area contributed by atoms with Crippen molar-refractivity contribution in [2.75, 3.05) is 20.1 Å². The van der Waals surface area contributed by atoms with Crippen molar-refractivity contribution in [1.82, 2.24) is 4.90 Å². The maximum absolute atomic E-state index is 9.19. The van der Waals surface area contributed by atoms with Crippen LogP contribution in [0.2, 0.25) is 0 Å². The molecule has 0 aromatic rings. The molecule has 0 amide bonds. The second-order valence-electron chi connectivity index (χ2n) is 5.02. The number of thiocarbonyl (C=S) groups is 1. The highest BCUT2D eigenvalue weighted by atomic mass is 32.1. The Bertz CT molecular complexity index is 227. The number of nitrogens with zero attached hydrogens (tertiary/aromatic N) is 1. The molecule has 1 aliphatic carbocycles. The number of rotatable bonds is 7. The van der Waals surface area contributed by atoms with Gasteiger partial charge in [0.15, 0.2) is 0 Å². The van der Waals surface area contributed by atoms with Gasteiger partial charge in [0.1, 0.15) is 0 Å². The van der Waals surface area contributed by atoms with E-state index in [1.165, 1.54) is 12.8 Å². The molecule has 1 unspecified atom stereocenters. The van der Waals surface area contributed by atoms with E-state index >= 15 is 0 Å². The number of hydrogen-bond donors (Lipinski definition) is 2. The summed E-state index contributed by atoms with van der Waals surface area (Å²) in [6, 6.07) is 0. The molecule has 88 valence electrons. The Morgan fingerprint density at radius 2 is 2.20 bits per heavy atom. The molecule has 3 N–H and O–H groups in total. The third-order valence-electron chi connectivity index (χ3n) is 3.04. The van der Waals surface area contributed by atoms with Crippen LogP contribution in [-0.4, -0.2) is 41.2 Å². The number of hydrogen-bond acceptors (Lipinski definition) is 3. The Hall–Kier alpha value is -0.190. The van der Waals surface area contributed by atoms with E-state index in [4.69, 9.17) is 18.0 Å². The Labute approximate surface area is 97.6 Å². The van der Waals surface area contributed by atoms with Gasteiger partial charge in [0.2, 0.25) is 0 Å². The Morgan fingerprint density at radius 1 is 1.60 bits per heavy atom. The fourth-order valence-corrected chi connectivity index (χ4v) is 2.30. The first-order chi connectivity index (χ1) is 6.93. The number of aliphatic hydroxyl groups excluding tert-OH is 1. The van der Waals surface area contributed by atoms with Crippen molar-refractivity contribution in [3.8, 4) is 0 Å². The molecular weight excluding hydrogens is 208 g/mol. The molecule has 15 heavy (non-hydrogen) atoms. The molecular formula is C11H22N2OS. The van der Waals surface area contributed by atoms with E-state index in [1.54, 1.807) is 0 Å². The lowest BCUT2D eigenvalue weighted by Crippen LogP contribution is -2.31. The van der Waals surface area contributed by atoms with Gasteiger partial charge in [0.25, 0.3) is 0 Å². The van der Waals surface area contributed by atoms with Gasteiger partial charge in [-0.1, -0.05) is 12.2 Å². The van der Waals surface area contributed by atoms with E-state index in [-0.39, 0.29) is 6.10 Å². The smallest absolute Gasteiger partial charge is 0.0733 e. The third-order valence-corrected chi connectivity index (χ3v) is 3.18.